The summed E-state index contributed by atoms with van der Waals surface area (Å²) in [7, 11) is 0. The second kappa shape index (κ2) is 6.79. The molecule has 1 N–H and O–H groups in total. The van der Waals surface area contributed by atoms with Crippen molar-refractivity contribution < 1.29 is 19.2 Å². The first kappa shape index (κ1) is 17.7. The van der Waals surface area contributed by atoms with E-state index in [1.54, 1.807) is 12.1 Å². The third-order valence-corrected chi connectivity index (χ3v) is 5.98. The van der Waals surface area contributed by atoms with Crippen molar-refractivity contribution in [2.45, 2.75) is 45.1 Å². The maximum atomic E-state index is 12.9. The van der Waals surface area contributed by atoms with E-state index in [0.717, 1.165) is 42.4 Å². The van der Waals surface area contributed by atoms with Gasteiger partial charge in [0.1, 0.15) is 6.04 Å². The first-order valence-electron chi connectivity index (χ1n) is 9.60. The standard InChI is InChI=1S/C20H23N3O4/c1-2-12-7-9-22(10-8-12)13-3-4-14-15(11-13)20(27)23(19(14)26)16-5-6-17(24)21-18(16)25/h3-4,11-12,16H,2,5-10H2,1H3,(H,21,24,25). The predicted molar refractivity (Wildman–Crippen MR) is 98.3 cm³/mol. The minimum absolute atomic E-state index is 0.126. The molecular formula is C20H23N3O4. The van der Waals surface area contributed by atoms with Gasteiger partial charge in [-0.2, -0.15) is 0 Å². The van der Waals surface area contributed by atoms with Gasteiger partial charge in [-0.3, -0.25) is 29.4 Å². The maximum absolute atomic E-state index is 12.9. The number of benzene rings is 1. The van der Waals surface area contributed by atoms with E-state index in [1.165, 1.54) is 6.42 Å². The Bertz CT molecular complexity index is 827. The monoisotopic (exact) mass is 369 g/mol. The van der Waals surface area contributed by atoms with Gasteiger partial charge in [-0.25, -0.2) is 0 Å². The van der Waals surface area contributed by atoms with Gasteiger partial charge in [0.2, 0.25) is 11.8 Å². The van der Waals surface area contributed by atoms with E-state index >= 15 is 0 Å². The zero-order valence-electron chi connectivity index (χ0n) is 15.4. The summed E-state index contributed by atoms with van der Waals surface area (Å²) in [6.07, 6.45) is 3.74. The number of hydrogen-bond donors (Lipinski definition) is 1. The van der Waals surface area contributed by atoms with Gasteiger partial charge in [-0.05, 0) is 43.4 Å². The van der Waals surface area contributed by atoms with Crippen LogP contribution in [-0.2, 0) is 9.59 Å². The lowest BCUT2D eigenvalue weighted by atomic mass is 9.94. The molecule has 0 bridgehead atoms. The number of nitrogens with one attached hydrogen (secondary N) is 1. The van der Waals surface area contributed by atoms with Crippen LogP contribution in [0.3, 0.4) is 0 Å². The van der Waals surface area contributed by atoms with Crippen molar-refractivity contribution in [2.24, 2.45) is 5.92 Å². The van der Waals surface area contributed by atoms with E-state index < -0.39 is 23.8 Å². The molecule has 4 rings (SSSR count). The van der Waals surface area contributed by atoms with Crippen molar-refractivity contribution in [3.63, 3.8) is 0 Å². The molecule has 2 saturated heterocycles. The van der Waals surface area contributed by atoms with Crippen molar-refractivity contribution >= 4 is 29.3 Å². The quantitative estimate of drug-likeness (QED) is 0.820. The molecule has 2 fully saturated rings. The van der Waals surface area contributed by atoms with Crippen LogP contribution in [0.5, 0.6) is 0 Å². The Morgan fingerprint density at radius 2 is 1.70 bits per heavy atom. The fraction of sp³-hybridized carbons (Fsp3) is 0.500. The molecule has 3 heterocycles. The molecule has 0 spiro atoms. The van der Waals surface area contributed by atoms with Gasteiger partial charge in [0, 0.05) is 25.2 Å². The average Bonchev–Trinajstić information content (AvgIpc) is 2.92. The van der Waals surface area contributed by atoms with E-state index in [4.69, 9.17) is 0 Å². The Morgan fingerprint density at radius 1 is 1.00 bits per heavy atom. The number of nitrogens with zero attached hydrogens (tertiary/aromatic N) is 2. The molecule has 0 saturated carbocycles. The summed E-state index contributed by atoms with van der Waals surface area (Å²) in [4.78, 5) is 52.4. The Balaban J connectivity index is 1.57. The van der Waals surface area contributed by atoms with Crippen LogP contribution < -0.4 is 10.2 Å². The van der Waals surface area contributed by atoms with Crippen LogP contribution in [0, 0.1) is 5.92 Å². The molecular weight excluding hydrogens is 346 g/mol. The Morgan fingerprint density at radius 3 is 2.37 bits per heavy atom. The first-order valence-corrected chi connectivity index (χ1v) is 9.60. The number of imide groups is 2. The number of carbonyl (C=O) groups is 4. The van der Waals surface area contributed by atoms with Crippen molar-refractivity contribution in [3.05, 3.63) is 29.3 Å². The van der Waals surface area contributed by atoms with Crippen molar-refractivity contribution in [2.75, 3.05) is 18.0 Å². The number of hydrogen-bond acceptors (Lipinski definition) is 5. The Hall–Kier alpha value is -2.70. The third-order valence-electron chi connectivity index (χ3n) is 5.98. The number of piperidine rings is 2. The zero-order chi connectivity index (χ0) is 19.1. The van der Waals surface area contributed by atoms with Gasteiger partial charge in [0.15, 0.2) is 0 Å². The second-order valence-corrected chi connectivity index (χ2v) is 7.52. The van der Waals surface area contributed by atoms with Crippen LogP contribution >= 0.6 is 0 Å². The van der Waals surface area contributed by atoms with Gasteiger partial charge in [-0.1, -0.05) is 13.3 Å². The lowest BCUT2D eigenvalue weighted by Crippen LogP contribution is -2.54. The van der Waals surface area contributed by atoms with Crippen LogP contribution in [0.4, 0.5) is 5.69 Å². The fourth-order valence-corrected chi connectivity index (χ4v) is 4.26. The molecule has 142 valence electrons. The molecule has 7 heteroatoms. The predicted octanol–water partition coefficient (Wildman–Crippen LogP) is 1.71. The van der Waals surface area contributed by atoms with Gasteiger partial charge < -0.3 is 4.90 Å². The summed E-state index contributed by atoms with van der Waals surface area (Å²) in [5.41, 5.74) is 1.62. The van der Waals surface area contributed by atoms with Gasteiger partial charge >= 0.3 is 0 Å². The summed E-state index contributed by atoms with van der Waals surface area (Å²) in [5, 5.41) is 2.21. The highest BCUT2D eigenvalue weighted by Crippen LogP contribution is 2.32. The molecule has 27 heavy (non-hydrogen) atoms. The Labute approximate surface area is 157 Å². The second-order valence-electron chi connectivity index (χ2n) is 7.52. The van der Waals surface area contributed by atoms with Gasteiger partial charge in [0.25, 0.3) is 11.8 Å². The molecule has 4 amide bonds. The van der Waals surface area contributed by atoms with Gasteiger partial charge in [0.05, 0.1) is 11.1 Å². The largest absolute Gasteiger partial charge is 0.371 e. The molecule has 0 aromatic heterocycles. The third kappa shape index (κ3) is 3.01. The van der Waals surface area contributed by atoms with Crippen molar-refractivity contribution in [1.82, 2.24) is 10.2 Å². The zero-order valence-corrected chi connectivity index (χ0v) is 15.4. The van der Waals surface area contributed by atoms with Crippen LogP contribution in [0.15, 0.2) is 18.2 Å². The molecule has 1 unspecified atom stereocenters. The number of anilines is 1. The SMILES string of the molecule is CCC1CCN(c2ccc3c(c2)C(=O)N(C2CCC(=O)NC2=O)C3=O)CC1. The molecule has 1 aromatic rings. The average molecular weight is 369 g/mol. The summed E-state index contributed by atoms with van der Waals surface area (Å²) in [6, 6.07) is 4.42. The minimum Gasteiger partial charge on any atom is -0.371 e. The van der Waals surface area contributed by atoms with Crippen molar-refractivity contribution in [3.8, 4) is 0 Å². The molecule has 0 aliphatic carbocycles. The molecule has 3 aliphatic heterocycles. The van der Waals surface area contributed by atoms with E-state index in [0.29, 0.717) is 11.1 Å². The lowest BCUT2D eigenvalue weighted by Gasteiger charge is -2.33. The summed E-state index contributed by atoms with van der Waals surface area (Å²) >= 11 is 0. The number of rotatable bonds is 3. The Kier molecular flexibility index (Phi) is 4.45. The van der Waals surface area contributed by atoms with Gasteiger partial charge in [-0.15, -0.1) is 0 Å². The first-order chi connectivity index (χ1) is 13.0. The van der Waals surface area contributed by atoms with Crippen LogP contribution in [0.25, 0.3) is 0 Å². The molecule has 0 radical (unpaired) electrons. The highest BCUT2D eigenvalue weighted by Gasteiger charge is 2.44. The van der Waals surface area contributed by atoms with E-state index in [1.807, 2.05) is 6.07 Å². The lowest BCUT2D eigenvalue weighted by molar-refractivity contribution is -0.136. The van der Waals surface area contributed by atoms with E-state index in [9.17, 15) is 19.2 Å². The maximum Gasteiger partial charge on any atom is 0.262 e. The molecule has 1 atom stereocenters. The van der Waals surface area contributed by atoms with E-state index in [-0.39, 0.29) is 18.7 Å². The summed E-state index contributed by atoms with van der Waals surface area (Å²) < 4.78 is 0. The van der Waals surface area contributed by atoms with E-state index in [2.05, 4.69) is 17.1 Å². The molecule has 7 nitrogen and oxygen atoms in total. The number of carbonyl (C=O) groups excluding carboxylic acids is 4. The van der Waals surface area contributed by atoms with Crippen LogP contribution in [0.2, 0.25) is 0 Å². The summed E-state index contributed by atoms with van der Waals surface area (Å²) in [6.45, 7) is 4.09. The van der Waals surface area contributed by atoms with Crippen LogP contribution in [-0.4, -0.2) is 47.7 Å². The molecule has 3 aliphatic rings. The topological polar surface area (TPSA) is 86.8 Å². The normalized spacial score (nSPS) is 23.7. The number of amides is 4. The smallest absolute Gasteiger partial charge is 0.262 e. The highest BCUT2D eigenvalue weighted by molar-refractivity contribution is 6.23. The molecule has 1 aromatic carbocycles. The van der Waals surface area contributed by atoms with Crippen molar-refractivity contribution in [1.29, 1.82) is 0 Å². The van der Waals surface area contributed by atoms with Crippen LogP contribution in [0.1, 0.15) is 59.7 Å². The fourth-order valence-electron chi connectivity index (χ4n) is 4.26. The minimum atomic E-state index is -0.918. The highest BCUT2D eigenvalue weighted by atomic mass is 16.2. The summed E-state index contributed by atoms with van der Waals surface area (Å²) in [5.74, 6) is -1.11. The number of fused-ring (bicyclic) bond motifs is 1.